The number of ether oxygens (including phenoxy) is 1. The molecule has 1 atom stereocenters. The summed E-state index contributed by atoms with van der Waals surface area (Å²) in [5.74, 6) is -0.456. The Labute approximate surface area is 184 Å². The lowest BCUT2D eigenvalue weighted by molar-refractivity contribution is -0.119. The first-order valence-corrected chi connectivity index (χ1v) is 10.7. The van der Waals surface area contributed by atoms with Gasteiger partial charge in [-0.15, -0.1) is 0 Å². The maximum absolute atomic E-state index is 13.8. The summed E-state index contributed by atoms with van der Waals surface area (Å²) in [6, 6.07) is 12.4. The van der Waals surface area contributed by atoms with Gasteiger partial charge in [0, 0.05) is 29.3 Å². The van der Waals surface area contributed by atoms with Crippen molar-refractivity contribution >= 4 is 17.7 Å². The summed E-state index contributed by atoms with van der Waals surface area (Å²) in [6.07, 6.45) is 1.85. The number of nitrogens with zero attached hydrogens (tertiary/aromatic N) is 2. The van der Waals surface area contributed by atoms with Gasteiger partial charge in [-0.25, -0.2) is 9.18 Å². The monoisotopic (exact) mass is 434 g/mol. The normalized spacial score (nSPS) is 17.4. The Balaban J connectivity index is 1.48. The number of anilines is 1. The van der Waals surface area contributed by atoms with E-state index in [1.807, 2.05) is 24.3 Å². The number of rotatable bonds is 4. The number of aromatic amines is 1. The first kappa shape index (κ1) is 20.2. The molecule has 0 saturated carbocycles. The third kappa shape index (κ3) is 3.72. The number of nitrogens with one attached hydrogen (secondary N) is 2. The summed E-state index contributed by atoms with van der Waals surface area (Å²) >= 11 is 0. The first-order valence-electron chi connectivity index (χ1n) is 10.7. The zero-order valence-electron chi connectivity index (χ0n) is 17.7. The first-order chi connectivity index (χ1) is 15.5. The van der Waals surface area contributed by atoms with E-state index in [1.165, 1.54) is 24.6 Å². The fraction of sp³-hybridized carbons (Fsp3) is 0.292. The number of carbonyl (C=O) groups is 2. The van der Waals surface area contributed by atoms with Crippen LogP contribution < -0.4 is 10.2 Å². The van der Waals surface area contributed by atoms with Crippen molar-refractivity contribution in [2.45, 2.75) is 32.3 Å². The summed E-state index contributed by atoms with van der Waals surface area (Å²) in [6.45, 7) is 2.08. The molecule has 0 unspecified atom stereocenters. The van der Waals surface area contributed by atoms with Crippen molar-refractivity contribution in [1.82, 2.24) is 15.5 Å². The fourth-order valence-electron chi connectivity index (χ4n) is 4.44. The molecule has 1 aromatic heterocycles. The highest BCUT2D eigenvalue weighted by Crippen LogP contribution is 2.38. The molecule has 1 aliphatic heterocycles. The number of hydrogen-bond acceptors (Lipinski definition) is 4. The van der Waals surface area contributed by atoms with E-state index in [9.17, 15) is 14.0 Å². The molecule has 2 aromatic carbocycles. The van der Waals surface area contributed by atoms with E-state index in [0.29, 0.717) is 6.54 Å². The minimum atomic E-state index is -0.431. The largest absolute Gasteiger partial charge is 0.442 e. The maximum Gasteiger partial charge on any atom is 0.414 e. The van der Waals surface area contributed by atoms with Crippen molar-refractivity contribution < 1.29 is 18.7 Å². The lowest BCUT2D eigenvalue weighted by Crippen LogP contribution is -2.33. The van der Waals surface area contributed by atoms with Crippen molar-refractivity contribution in [2.75, 3.05) is 18.0 Å². The fourth-order valence-corrected chi connectivity index (χ4v) is 4.44. The second kappa shape index (κ2) is 8.11. The number of hydrogen-bond donors (Lipinski definition) is 2. The lowest BCUT2D eigenvalue weighted by Gasteiger charge is -2.16. The standard InChI is InChI=1S/C24H23FN4O3/c1-14(30)26-12-19-13-29(24(31)32-19)18-9-8-15-4-3-7-20-22(16-5-2-6-17(25)10-16)27-28-23(20)21(15)11-18/h2,5-6,8-11,19H,3-4,7,12-13H2,1H3,(H,26,30)(H,27,28)/t19-/m0/s1. The zero-order valence-corrected chi connectivity index (χ0v) is 17.7. The summed E-state index contributed by atoms with van der Waals surface area (Å²) < 4.78 is 19.2. The van der Waals surface area contributed by atoms with Gasteiger partial charge in [0.1, 0.15) is 11.9 Å². The maximum atomic E-state index is 13.8. The quantitative estimate of drug-likeness (QED) is 0.653. The smallest absolute Gasteiger partial charge is 0.414 e. The molecule has 1 saturated heterocycles. The number of aromatic nitrogens is 2. The summed E-state index contributed by atoms with van der Waals surface area (Å²) in [7, 11) is 0. The van der Waals surface area contributed by atoms with Crippen LogP contribution in [0.2, 0.25) is 0 Å². The van der Waals surface area contributed by atoms with Gasteiger partial charge in [0.15, 0.2) is 0 Å². The third-order valence-corrected chi connectivity index (χ3v) is 5.97. The van der Waals surface area contributed by atoms with Gasteiger partial charge in [0.2, 0.25) is 5.91 Å². The average Bonchev–Trinajstić information content (AvgIpc) is 3.31. The molecule has 8 heteroatoms. The molecule has 0 spiro atoms. The number of H-pyrrole nitrogens is 1. The number of fused-ring (bicyclic) bond motifs is 3. The molecule has 5 rings (SSSR count). The van der Waals surface area contributed by atoms with E-state index < -0.39 is 12.2 Å². The van der Waals surface area contributed by atoms with Gasteiger partial charge in [0.25, 0.3) is 0 Å². The second-order valence-electron chi connectivity index (χ2n) is 8.18. The summed E-state index contributed by atoms with van der Waals surface area (Å²) in [5, 5.41) is 10.4. The molecule has 2 heterocycles. The minimum absolute atomic E-state index is 0.162. The Bertz CT molecular complexity index is 1210. The summed E-state index contributed by atoms with van der Waals surface area (Å²) in [4.78, 5) is 25.2. The van der Waals surface area contributed by atoms with Gasteiger partial charge in [0.05, 0.1) is 24.5 Å². The number of amides is 2. The van der Waals surface area contributed by atoms with Gasteiger partial charge in [-0.2, -0.15) is 5.10 Å². The number of carbonyl (C=O) groups excluding carboxylic acids is 2. The topological polar surface area (TPSA) is 87.3 Å². The zero-order chi connectivity index (χ0) is 22.2. The third-order valence-electron chi connectivity index (χ3n) is 5.97. The molecule has 164 valence electrons. The predicted octanol–water partition coefficient (Wildman–Crippen LogP) is 3.83. The predicted molar refractivity (Wildman–Crippen MR) is 118 cm³/mol. The molecule has 2 N–H and O–H groups in total. The Morgan fingerprint density at radius 3 is 2.97 bits per heavy atom. The molecule has 0 bridgehead atoms. The van der Waals surface area contributed by atoms with Crippen LogP contribution in [-0.4, -0.2) is 41.4 Å². The Morgan fingerprint density at radius 2 is 2.16 bits per heavy atom. The van der Waals surface area contributed by atoms with Crippen LogP contribution in [0.5, 0.6) is 0 Å². The molecule has 7 nitrogen and oxygen atoms in total. The van der Waals surface area contributed by atoms with Crippen molar-refractivity contribution in [1.29, 1.82) is 0 Å². The van der Waals surface area contributed by atoms with Crippen LogP contribution >= 0.6 is 0 Å². The number of benzene rings is 2. The Kier molecular flexibility index (Phi) is 5.13. The highest BCUT2D eigenvalue weighted by molar-refractivity contribution is 5.91. The molecule has 3 aromatic rings. The lowest BCUT2D eigenvalue weighted by atomic mass is 9.99. The van der Waals surface area contributed by atoms with E-state index in [-0.39, 0.29) is 18.3 Å². The highest BCUT2D eigenvalue weighted by Gasteiger charge is 2.33. The summed E-state index contributed by atoms with van der Waals surface area (Å²) in [5.41, 5.74) is 6.35. The molecular formula is C24H23FN4O3. The van der Waals surface area contributed by atoms with Gasteiger partial charge in [-0.1, -0.05) is 18.2 Å². The van der Waals surface area contributed by atoms with E-state index in [0.717, 1.165) is 53.0 Å². The van der Waals surface area contributed by atoms with E-state index in [2.05, 4.69) is 15.5 Å². The minimum Gasteiger partial charge on any atom is -0.442 e. The van der Waals surface area contributed by atoms with Crippen molar-refractivity contribution in [3.63, 3.8) is 0 Å². The van der Waals surface area contributed by atoms with Crippen LogP contribution in [0, 0.1) is 5.82 Å². The van der Waals surface area contributed by atoms with Gasteiger partial charge >= 0.3 is 6.09 Å². The number of cyclic esters (lactones) is 1. The van der Waals surface area contributed by atoms with Gasteiger partial charge < -0.3 is 10.1 Å². The molecule has 2 amide bonds. The number of halogens is 1. The van der Waals surface area contributed by atoms with Crippen molar-refractivity contribution in [3.05, 3.63) is 59.4 Å². The molecule has 1 aliphatic carbocycles. The number of aryl methyl sites for hydroxylation is 1. The Morgan fingerprint density at radius 1 is 1.28 bits per heavy atom. The van der Waals surface area contributed by atoms with Gasteiger partial charge in [-0.05, 0) is 49.1 Å². The van der Waals surface area contributed by atoms with E-state index in [4.69, 9.17) is 4.74 Å². The molecule has 1 fully saturated rings. The molecule has 2 aliphatic rings. The average molecular weight is 434 g/mol. The second-order valence-corrected chi connectivity index (χ2v) is 8.18. The van der Waals surface area contributed by atoms with Crippen LogP contribution in [0.3, 0.4) is 0 Å². The van der Waals surface area contributed by atoms with Crippen LogP contribution in [0.1, 0.15) is 24.5 Å². The SMILES string of the molecule is CC(=O)NC[C@H]1CN(c2ccc3c(c2)-c2[nH]nc(-c4cccc(F)c4)c2CCC3)C(=O)O1. The van der Waals surface area contributed by atoms with Crippen LogP contribution in [0.4, 0.5) is 14.9 Å². The van der Waals surface area contributed by atoms with Crippen molar-refractivity contribution in [2.24, 2.45) is 0 Å². The van der Waals surface area contributed by atoms with Crippen LogP contribution in [-0.2, 0) is 22.4 Å². The Hall–Kier alpha value is -3.68. The molecule has 0 radical (unpaired) electrons. The van der Waals surface area contributed by atoms with Gasteiger partial charge in [-0.3, -0.25) is 14.8 Å². The van der Waals surface area contributed by atoms with E-state index >= 15 is 0 Å². The van der Waals surface area contributed by atoms with E-state index in [1.54, 1.807) is 11.0 Å². The van der Waals surface area contributed by atoms with Crippen LogP contribution in [0.25, 0.3) is 22.5 Å². The van der Waals surface area contributed by atoms with Crippen molar-refractivity contribution in [3.8, 4) is 22.5 Å². The molecule has 32 heavy (non-hydrogen) atoms. The van der Waals surface area contributed by atoms with Crippen LogP contribution in [0.15, 0.2) is 42.5 Å². The highest BCUT2D eigenvalue weighted by atomic mass is 19.1. The molecular weight excluding hydrogens is 411 g/mol.